The Kier molecular flexibility index (Phi) is 3.74. The van der Waals surface area contributed by atoms with Crippen LogP contribution in [0.15, 0.2) is 30.5 Å². The number of aryl methyl sites for hydroxylation is 1. The van der Waals surface area contributed by atoms with E-state index in [4.69, 9.17) is 27.9 Å². The number of hydrogen-bond acceptors (Lipinski definition) is 3. The highest BCUT2D eigenvalue weighted by Crippen LogP contribution is 2.26. The SMILES string of the molecule is COc1ccc(-n2c(CCl)nc3cc(Cl)cnc32)cc1C. The fraction of sp³-hybridized carbons (Fsp3) is 0.200. The smallest absolute Gasteiger partial charge is 0.164 e. The minimum atomic E-state index is 0.291. The van der Waals surface area contributed by atoms with E-state index in [1.807, 2.05) is 29.7 Å². The summed E-state index contributed by atoms with van der Waals surface area (Å²) in [4.78, 5) is 8.87. The molecule has 0 aliphatic carbocycles. The van der Waals surface area contributed by atoms with Gasteiger partial charge in [-0.2, -0.15) is 0 Å². The molecule has 0 saturated heterocycles. The van der Waals surface area contributed by atoms with E-state index in [0.717, 1.165) is 34.0 Å². The number of rotatable bonds is 3. The van der Waals surface area contributed by atoms with Crippen molar-refractivity contribution in [3.05, 3.63) is 46.9 Å². The lowest BCUT2D eigenvalue weighted by Gasteiger charge is -2.10. The fourth-order valence-electron chi connectivity index (χ4n) is 2.35. The molecular weight excluding hydrogens is 309 g/mol. The zero-order chi connectivity index (χ0) is 15.0. The molecule has 0 unspecified atom stereocenters. The Morgan fingerprint density at radius 2 is 2.10 bits per heavy atom. The van der Waals surface area contributed by atoms with Crippen molar-refractivity contribution >= 4 is 34.4 Å². The largest absolute Gasteiger partial charge is 0.496 e. The standard InChI is InChI=1S/C15H13Cl2N3O/c1-9-5-11(3-4-13(9)21-2)20-14(7-16)19-12-6-10(17)8-18-15(12)20/h3-6,8H,7H2,1-2H3. The molecule has 0 saturated carbocycles. The molecule has 0 bridgehead atoms. The Labute approximate surface area is 132 Å². The van der Waals surface area contributed by atoms with E-state index in [-0.39, 0.29) is 0 Å². The third kappa shape index (κ3) is 2.45. The molecule has 108 valence electrons. The minimum absolute atomic E-state index is 0.291. The van der Waals surface area contributed by atoms with Crippen LogP contribution in [-0.2, 0) is 5.88 Å². The highest BCUT2D eigenvalue weighted by molar-refractivity contribution is 6.31. The Bertz CT molecular complexity index is 814. The monoisotopic (exact) mass is 321 g/mol. The van der Waals surface area contributed by atoms with Crippen molar-refractivity contribution in [3.63, 3.8) is 0 Å². The number of pyridine rings is 1. The van der Waals surface area contributed by atoms with Gasteiger partial charge in [0.25, 0.3) is 0 Å². The Balaban J connectivity index is 2.25. The Hall–Kier alpha value is -1.78. The lowest BCUT2D eigenvalue weighted by Crippen LogP contribution is -2.01. The third-order valence-electron chi connectivity index (χ3n) is 3.29. The van der Waals surface area contributed by atoms with E-state index in [9.17, 15) is 0 Å². The molecule has 2 heterocycles. The molecule has 0 aliphatic rings. The van der Waals surface area contributed by atoms with E-state index in [0.29, 0.717) is 10.9 Å². The van der Waals surface area contributed by atoms with E-state index >= 15 is 0 Å². The summed E-state index contributed by atoms with van der Waals surface area (Å²) in [6, 6.07) is 7.68. The van der Waals surface area contributed by atoms with Crippen molar-refractivity contribution in [2.45, 2.75) is 12.8 Å². The van der Waals surface area contributed by atoms with Gasteiger partial charge in [0.15, 0.2) is 5.65 Å². The van der Waals surface area contributed by atoms with Crippen LogP contribution in [0, 0.1) is 6.92 Å². The number of halogens is 2. The molecule has 0 spiro atoms. The molecule has 0 fully saturated rings. The number of aromatic nitrogens is 3. The first-order chi connectivity index (χ1) is 10.1. The summed E-state index contributed by atoms with van der Waals surface area (Å²) in [5, 5.41) is 0.555. The number of benzene rings is 1. The van der Waals surface area contributed by atoms with Gasteiger partial charge >= 0.3 is 0 Å². The van der Waals surface area contributed by atoms with Crippen LogP contribution in [0.2, 0.25) is 5.02 Å². The van der Waals surface area contributed by atoms with Gasteiger partial charge in [0.05, 0.1) is 18.0 Å². The number of fused-ring (bicyclic) bond motifs is 1. The van der Waals surface area contributed by atoms with Crippen LogP contribution >= 0.6 is 23.2 Å². The number of ether oxygens (including phenoxy) is 1. The molecule has 0 N–H and O–H groups in total. The lowest BCUT2D eigenvalue weighted by molar-refractivity contribution is 0.411. The summed E-state index contributed by atoms with van der Waals surface area (Å²) < 4.78 is 7.23. The van der Waals surface area contributed by atoms with Gasteiger partial charge in [-0.15, -0.1) is 11.6 Å². The molecule has 2 aromatic heterocycles. The zero-order valence-electron chi connectivity index (χ0n) is 11.6. The van der Waals surface area contributed by atoms with Gasteiger partial charge in [-0.25, -0.2) is 9.97 Å². The van der Waals surface area contributed by atoms with E-state index < -0.39 is 0 Å². The predicted octanol–water partition coefficient (Wildman–Crippen LogP) is 4.13. The van der Waals surface area contributed by atoms with Gasteiger partial charge in [-0.05, 0) is 36.8 Å². The van der Waals surface area contributed by atoms with Gasteiger partial charge < -0.3 is 4.74 Å². The second-order valence-electron chi connectivity index (χ2n) is 4.65. The maximum absolute atomic E-state index is 6.02. The summed E-state index contributed by atoms with van der Waals surface area (Å²) in [7, 11) is 1.66. The summed E-state index contributed by atoms with van der Waals surface area (Å²) in [5.41, 5.74) is 3.44. The van der Waals surface area contributed by atoms with Crippen LogP contribution in [0.4, 0.5) is 0 Å². The molecule has 6 heteroatoms. The quantitative estimate of drug-likeness (QED) is 0.681. The highest BCUT2D eigenvalue weighted by Gasteiger charge is 2.14. The molecule has 0 radical (unpaired) electrons. The normalized spacial score (nSPS) is 11.0. The predicted molar refractivity (Wildman–Crippen MR) is 84.7 cm³/mol. The topological polar surface area (TPSA) is 39.9 Å². The maximum Gasteiger partial charge on any atom is 0.164 e. The summed E-state index contributed by atoms with van der Waals surface area (Å²) >= 11 is 12.0. The molecular formula is C15H13Cl2N3O. The van der Waals surface area contributed by atoms with Crippen LogP contribution < -0.4 is 4.74 Å². The Morgan fingerprint density at radius 1 is 1.29 bits per heavy atom. The lowest BCUT2D eigenvalue weighted by atomic mass is 10.2. The van der Waals surface area contributed by atoms with Crippen molar-refractivity contribution in [3.8, 4) is 11.4 Å². The fourth-order valence-corrected chi connectivity index (χ4v) is 2.68. The average molecular weight is 322 g/mol. The second-order valence-corrected chi connectivity index (χ2v) is 5.35. The average Bonchev–Trinajstić information content (AvgIpc) is 2.84. The van der Waals surface area contributed by atoms with Gasteiger partial charge in [0, 0.05) is 11.9 Å². The number of nitrogens with zero attached hydrogens (tertiary/aromatic N) is 3. The molecule has 21 heavy (non-hydrogen) atoms. The van der Waals surface area contributed by atoms with Crippen molar-refractivity contribution in [2.24, 2.45) is 0 Å². The van der Waals surface area contributed by atoms with Gasteiger partial charge in [-0.1, -0.05) is 11.6 Å². The highest BCUT2D eigenvalue weighted by atomic mass is 35.5. The summed E-state index contributed by atoms with van der Waals surface area (Å²) in [6.45, 7) is 1.99. The first kappa shape index (κ1) is 14.2. The summed E-state index contributed by atoms with van der Waals surface area (Å²) in [5.74, 6) is 1.86. The van der Waals surface area contributed by atoms with Crippen LogP contribution in [0.1, 0.15) is 11.4 Å². The van der Waals surface area contributed by atoms with Gasteiger partial charge in [0.2, 0.25) is 0 Å². The number of imidazole rings is 1. The first-order valence-corrected chi connectivity index (χ1v) is 7.29. The van der Waals surface area contributed by atoms with E-state index in [2.05, 4.69) is 9.97 Å². The van der Waals surface area contributed by atoms with Crippen LogP contribution in [0.25, 0.3) is 16.9 Å². The number of methoxy groups -OCH3 is 1. The van der Waals surface area contributed by atoms with Crippen LogP contribution in [0.3, 0.4) is 0 Å². The molecule has 0 atom stereocenters. The maximum atomic E-state index is 6.02. The molecule has 4 nitrogen and oxygen atoms in total. The zero-order valence-corrected chi connectivity index (χ0v) is 13.1. The van der Waals surface area contributed by atoms with Crippen molar-refractivity contribution in [2.75, 3.05) is 7.11 Å². The van der Waals surface area contributed by atoms with Crippen LogP contribution in [-0.4, -0.2) is 21.6 Å². The Morgan fingerprint density at radius 3 is 2.76 bits per heavy atom. The van der Waals surface area contributed by atoms with Crippen molar-refractivity contribution < 1.29 is 4.74 Å². The number of hydrogen-bond donors (Lipinski definition) is 0. The van der Waals surface area contributed by atoms with Crippen molar-refractivity contribution in [1.82, 2.24) is 14.5 Å². The first-order valence-electron chi connectivity index (χ1n) is 6.38. The molecule has 3 aromatic rings. The molecule has 3 rings (SSSR count). The van der Waals surface area contributed by atoms with Crippen LogP contribution in [0.5, 0.6) is 5.75 Å². The second kappa shape index (κ2) is 5.54. The van der Waals surface area contributed by atoms with Crippen molar-refractivity contribution in [1.29, 1.82) is 0 Å². The molecule has 0 amide bonds. The van der Waals surface area contributed by atoms with Gasteiger partial charge in [0.1, 0.15) is 17.1 Å². The van der Waals surface area contributed by atoms with Gasteiger partial charge in [-0.3, -0.25) is 4.57 Å². The van der Waals surface area contributed by atoms with E-state index in [1.165, 1.54) is 0 Å². The molecule has 1 aromatic carbocycles. The third-order valence-corrected chi connectivity index (χ3v) is 3.74. The van der Waals surface area contributed by atoms with E-state index in [1.54, 1.807) is 19.4 Å². The molecule has 0 aliphatic heterocycles. The number of alkyl halides is 1. The minimum Gasteiger partial charge on any atom is -0.496 e. The summed E-state index contributed by atoms with van der Waals surface area (Å²) in [6.07, 6.45) is 1.61.